The van der Waals surface area contributed by atoms with E-state index in [4.69, 9.17) is 23.5 Å². The molecule has 1 fully saturated rings. The van der Waals surface area contributed by atoms with Crippen molar-refractivity contribution in [2.24, 2.45) is 0 Å². The number of nitrogens with zero attached hydrogens (tertiary/aromatic N) is 3. The van der Waals surface area contributed by atoms with Crippen LogP contribution in [0.25, 0.3) is 22.5 Å². The molecule has 0 spiro atoms. The van der Waals surface area contributed by atoms with Crippen molar-refractivity contribution in [1.82, 2.24) is 20.8 Å². The van der Waals surface area contributed by atoms with E-state index in [1.54, 1.807) is 48.7 Å². The van der Waals surface area contributed by atoms with Gasteiger partial charge in [0.25, 0.3) is 11.8 Å². The lowest BCUT2D eigenvalue weighted by molar-refractivity contribution is -0.120. The molecule has 3 amide bonds. The third kappa shape index (κ3) is 8.74. The van der Waals surface area contributed by atoms with Gasteiger partial charge >= 0.3 is 12.2 Å². The van der Waals surface area contributed by atoms with Crippen LogP contribution in [0.5, 0.6) is 5.75 Å². The second-order valence-corrected chi connectivity index (χ2v) is 15.8. The molecule has 4 aromatic rings. The van der Waals surface area contributed by atoms with E-state index >= 15 is 4.39 Å². The largest absolute Gasteiger partial charge is 0.497 e. The highest BCUT2D eigenvalue weighted by Crippen LogP contribution is 2.40. The summed E-state index contributed by atoms with van der Waals surface area (Å²) in [4.78, 5) is 46.2. The molecule has 13 nitrogen and oxygen atoms in total. The fourth-order valence-corrected chi connectivity index (χ4v) is 6.74. The van der Waals surface area contributed by atoms with Gasteiger partial charge in [-0.15, -0.1) is 11.8 Å². The molecular weight excluding hydrogens is 706 g/mol. The summed E-state index contributed by atoms with van der Waals surface area (Å²) >= 11 is 1.22. The van der Waals surface area contributed by atoms with Crippen LogP contribution in [-0.4, -0.2) is 71.6 Å². The van der Waals surface area contributed by atoms with Crippen molar-refractivity contribution < 1.29 is 42.2 Å². The Morgan fingerprint density at radius 3 is 2.17 bits per heavy atom. The number of hydrogen-bond donors (Lipinski definition) is 2. The molecule has 3 aromatic carbocycles. The van der Waals surface area contributed by atoms with Crippen molar-refractivity contribution in [2.75, 3.05) is 31.0 Å². The third-order valence-electron chi connectivity index (χ3n) is 8.23. The number of benzene rings is 3. The summed E-state index contributed by atoms with van der Waals surface area (Å²) < 4.78 is 43.0. The van der Waals surface area contributed by atoms with Gasteiger partial charge in [0.1, 0.15) is 28.8 Å². The molecule has 0 unspecified atom stereocenters. The van der Waals surface area contributed by atoms with Gasteiger partial charge in [-0.05, 0) is 82.5 Å². The van der Waals surface area contributed by atoms with Gasteiger partial charge in [0.05, 0.1) is 38.1 Å². The van der Waals surface area contributed by atoms with Gasteiger partial charge in [0, 0.05) is 10.6 Å². The number of ether oxygens (including phenoxy) is 4. The number of methoxy groups -OCH3 is 1. The first-order valence-corrected chi connectivity index (χ1v) is 18.0. The molecular formula is C38H42FN5O8S. The van der Waals surface area contributed by atoms with Crippen LogP contribution in [0.4, 0.5) is 19.7 Å². The maximum Gasteiger partial charge on any atom is 0.408 e. The fraction of sp³-hybridized carbons (Fsp3) is 0.395. The number of hydrogen-bond acceptors (Lipinski definition) is 11. The Hall–Kier alpha value is -5.15. The Bertz CT molecular complexity index is 1990. The number of aromatic nitrogens is 2. The summed E-state index contributed by atoms with van der Waals surface area (Å²) in [5.74, 6) is -0.274. The van der Waals surface area contributed by atoms with Crippen LogP contribution in [0.2, 0.25) is 0 Å². The molecule has 0 saturated carbocycles. The number of halogens is 1. The van der Waals surface area contributed by atoms with Crippen molar-refractivity contribution in [1.29, 1.82) is 0 Å². The third-order valence-corrected chi connectivity index (χ3v) is 9.37. The highest BCUT2D eigenvalue weighted by molar-refractivity contribution is 7.99. The van der Waals surface area contributed by atoms with Crippen molar-refractivity contribution in [2.45, 2.75) is 75.8 Å². The van der Waals surface area contributed by atoms with E-state index in [1.807, 2.05) is 48.5 Å². The number of fused-ring (bicyclic) bond motifs is 1. The molecule has 2 N–H and O–H groups in total. The number of rotatable bonds is 8. The highest BCUT2D eigenvalue weighted by Gasteiger charge is 2.48. The Labute approximate surface area is 310 Å². The SMILES string of the molecule is COc1ccc(-c2ccc(CN3C(=O)[C@@H](NC(=O)OC(C)(C)C)CSc4cc(F)c(-c5noc(C6(NC(=O)OC(C)(C)C)COC6)n5)cc43)cc2)cc1. The Kier molecular flexibility index (Phi) is 10.4. The highest BCUT2D eigenvalue weighted by atomic mass is 32.2. The summed E-state index contributed by atoms with van der Waals surface area (Å²) in [6.45, 7) is 10.6. The minimum atomic E-state index is -1.16. The summed E-state index contributed by atoms with van der Waals surface area (Å²) in [5, 5.41) is 9.51. The molecule has 2 aliphatic heterocycles. The van der Waals surface area contributed by atoms with E-state index in [9.17, 15) is 14.4 Å². The van der Waals surface area contributed by atoms with Crippen LogP contribution in [-0.2, 0) is 31.1 Å². The molecule has 0 bridgehead atoms. The monoisotopic (exact) mass is 747 g/mol. The van der Waals surface area contributed by atoms with E-state index in [-0.39, 0.29) is 42.8 Å². The zero-order valence-corrected chi connectivity index (χ0v) is 31.4. The first-order valence-electron chi connectivity index (χ1n) is 17.0. The van der Waals surface area contributed by atoms with Crippen molar-refractivity contribution in [3.05, 3.63) is 77.9 Å². The van der Waals surface area contributed by atoms with Gasteiger partial charge in [-0.25, -0.2) is 14.0 Å². The number of carbonyl (C=O) groups excluding carboxylic acids is 3. The molecule has 0 radical (unpaired) electrons. The van der Waals surface area contributed by atoms with Crippen LogP contribution in [0.1, 0.15) is 53.0 Å². The second-order valence-electron chi connectivity index (χ2n) is 14.8. The van der Waals surface area contributed by atoms with Crippen molar-refractivity contribution in [3.63, 3.8) is 0 Å². The molecule has 1 saturated heterocycles. The van der Waals surface area contributed by atoms with Gasteiger partial charge in [-0.1, -0.05) is 41.6 Å². The standard InChI is InChI=1S/C38H42FN5O8S/c1-36(2,3)50-34(46)40-28-19-53-30-17-27(39)26(31-41-33(52-43-31)38(20-49-21-38)42-35(47)51-37(4,5)6)16-29(30)44(32(28)45)18-22-8-10-23(11-9-22)24-12-14-25(48-7)15-13-24/h8-17,28H,18-21H2,1-7H3,(H,40,46)(H,42,47)/t28-/m0/s1. The normalized spacial score (nSPS) is 16.9. The summed E-state index contributed by atoms with van der Waals surface area (Å²) in [5.41, 5.74) is 0.413. The van der Waals surface area contributed by atoms with E-state index in [1.165, 1.54) is 28.8 Å². The lowest BCUT2D eigenvalue weighted by Crippen LogP contribution is -2.60. The Morgan fingerprint density at radius 1 is 0.962 bits per heavy atom. The van der Waals surface area contributed by atoms with Crippen molar-refractivity contribution >= 4 is 35.5 Å². The molecule has 3 heterocycles. The van der Waals surface area contributed by atoms with Gasteiger partial charge in [-0.3, -0.25) is 4.79 Å². The van der Waals surface area contributed by atoms with Crippen LogP contribution in [0.3, 0.4) is 0 Å². The van der Waals surface area contributed by atoms with Crippen LogP contribution in [0, 0.1) is 5.82 Å². The average Bonchev–Trinajstić information content (AvgIpc) is 3.52. The molecule has 15 heteroatoms. The molecule has 53 heavy (non-hydrogen) atoms. The number of amides is 3. The predicted octanol–water partition coefficient (Wildman–Crippen LogP) is 6.83. The molecule has 1 atom stereocenters. The fourth-order valence-electron chi connectivity index (χ4n) is 5.66. The zero-order valence-electron chi connectivity index (χ0n) is 30.6. The summed E-state index contributed by atoms with van der Waals surface area (Å²) in [6.07, 6.45) is -1.44. The lowest BCUT2D eigenvalue weighted by atomic mass is 9.97. The topological polar surface area (TPSA) is 154 Å². The number of alkyl carbamates (subject to hydrolysis) is 2. The van der Waals surface area contributed by atoms with E-state index in [2.05, 4.69) is 20.8 Å². The average molecular weight is 748 g/mol. The number of nitrogens with one attached hydrogen (secondary N) is 2. The first-order chi connectivity index (χ1) is 25.0. The van der Waals surface area contributed by atoms with E-state index in [0.29, 0.717) is 10.6 Å². The van der Waals surface area contributed by atoms with Gasteiger partial charge < -0.3 is 39.0 Å². The predicted molar refractivity (Wildman–Crippen MR) is 195 cm³/mol. The van der Waals surface area contributed by atoms with Crippen LogP contribution >= 0.6 is 11.8 Å². The van der Waals surface area contributed by atoms with Gasteiger partial charge in [0.15, 0.2) is 5.54 Å². The zero-order chi connectivity index (χ0) is 38.1. The summed E-state index contributed by atoms with van der Waals surface area (Å²) in [7, 11) is 1.61. The minimum Gasteiger partial charge on any atom is -0.497 e. The van der Waals surface area contributed by atoms with Gasteiger partial charge in [0.2, 0.25) is 5.82 Å². The Balaban J connectivity index is 1.32. The lowest BCUT2D eigenvalue weighted by Gasteiger charge is -2.38. The molecule has 6 rings (SSSR count). The second kappa shape index (κ2) is 14.7. The number of carbonyl (C=O) groups is 3. The number of anilines is 1. The maximum atomic E-state index is 15.9. The van der Waals surface area contributed by atoms with Gasteiger partial charge in [-0.2, -0.15) is 4.98 Å². The first kappa shape index (κ1) is 37.6. The maximum absolute atomic E-state index is 15.9. The van der Waals surface area contributed by atoms with E-state index in [0.717, 1.165) is 22.4 Å². The Morgan fingerprint density at radius 2 is 1.58 bits per heavy atom. The molecule has 2 aliphatic rings. The minimum absolute atomic E-state index is 0.0137. The van der Waals surface area contributed by atoms with Crippen molar-refractivity contribution in [3.8, 4) is 28.3 Å². The molecule has 1 aromatic heterocycles. The molecule has 280 valence electrons. The van der Waals surface area contributed by atoms with Crippen LogP contribution < -0.4 is 20.3 Å². The summed E-state index contributed by atoms with van der Waals surface area (Å²) in [6, 6.07) is 17.2. The van der Waals surface area contributed by atoms with Crippen LogP contribution in [0.15, 0.2) is 70.1 Å². The van der Waals surface area contributed by atoms with E-state index < -0.39 is 46.7 Å². The quantitative estimate of drug-likeness (QED) is 0.195. The molecule has 0 aliphatic carbocycles. The number of thioether (sulfide) groups is 1. The smallest absolute Gasteiger partial charge is 0.408 e.